The zero-order valence-corrected chi connectivity index (χ0v) is 18.2. The van der Waals surface area contributed by atoms with Gasteiger partial charge in [0.1, 0.15) is 0 Å². The van der Waals surface area contributed by atoms with Crippen molar-refractivity contribution in [2.24, 2.45) is 0 Å². The second kappa shape index (κ2) is 16.9. The van der Waals surface area contributed by atoms with Crippen LogP contribution in [-0.2, 0) is 34.1 Å². The van der Waals surface area contributed by atoms with Crippen LogP contribution in [0.25, 0.3) is 0 Å². The van der Waals surface area contributed by atoms with Crippen molar-refractivity contribution in [2.45, 2.75) is 27.7 Å². The molecule has 0 atom stereocenters. The van der Waals surface area contributed by atoms with E-state index in [0.29, 0.717) is 0 Å². The molecule has 4 aromatic carbocycles. The van der Waals surface area contributed by atoms with Crippen LogP contribution in [0.3, 0.4) is 0 Å². The topological polar surface area (TPSA) is 0 Å². The van der Waals surface area contributed by atoms with Gasteiger partial charge in [0.25, 0.3) is 0 Å². The second-order valence-electron chi connectivity index (χ2n) is 5.85. The monoisotopic (exact) mass is 428 g/mol. The van der Waals surface area contributed by atoms with Crippen molar-refractivity contribution >= 4 is 0 Å². The van der Waals surface area contributed by atoms with E-state index < -0.39 is 0 Å². The standard InChI is InChI=1S/4C6H7.2Fe/c4*1-6-4-2-3-5-6;;/h4*2-5H,1H3;;/q4*-1;2*+2. The van der Waals surface area contributed by atoms with Gasteiger partial charge < -0.3 is 0 Å². The Balaban J connectivity index is 0. The van der Waals surface area contributed by atoms with Crippen LogP contribution in [-0.4, -0.2) is 0 Å². The molecule has 0 unspecified atom stereocenters. The second-order valence-corrected chi connectivity index (χ2v) is 5.85. The van der Waals surface area contributed by atoms with Crippen molar-refractivity contribution in [1.29, 1.82) is 0 Å². The maximum absolute atomic E-state index is 2.08. The molecule has 0 aliphatic heterocycles. The quantitative estimate of drug-likeness (QED) is 0.212. The normalized spacial score (nSPS) is 8.15. The van der Waals surface area contributed by atoms with Crippen LogP contribution >= 0.6 is 0 Å². The van der Waals surface area contributed by atoms with E-state index in [1.54, 1.807) is 0 Å². The molecule has 0 N–H and O–H groups in total. The van der Waals surface area contributed by atoms with E-state index in [4.69, 9.17) is 0 Å². The molecule has 0 saturated carbocycles. The number of hydrogen-bond acceptors (Lipinski definition) is 0. The van der Waals surface area contributed by atoms with Crippen LogP contribution in [0, 0.1) is 27.7 Å². The Labute approximate surface area is 180 Å². The van der Waals surface area contributed by atoms with Crippen molar-refractivity contribution in [3.8, 4) is 0 Å². The van der Waals surface area contributed by atoms with Crippen LogP contribution in [0.5, 0.6) is 0 Å². The minimum Gasteiger partial charge on any atom is -0.213 e. The molecule has 2 heteroatoms. The average Bonchev–Trinajstić information content (AvgIpc) is 3.31. The number of aryl methyl sites for hydroxylation is 4. The minimum atomic E-state index is 0. The summed E-state index contributed by atoms with van der Waals surface area (Å²) < 4.78 is 0. The Kier molecular flexibility index (Phi) is 17.3. The zero-order chi connectivity index (χ0) is 17.6. The molecule has 0 saturated heterocycles. The fourth-order valence-corrected chi connectivity index (χ4v) is 1.88. The molecule has 0 radical (unpaired) electrons. The van der Waals surface area contributed by atoms with Gasteiger partial charge in [-0.25, -0.2) is 48.5 Å². The predicted octanol–water partition coefficient (Wildman–Crippen LogP) is 6.85. The summed E-state index contributed by atoms with van der Waals surface area (Å²) in [7, 11) is 0. The molecule has 0 amide bonds. The molecule has 4 rings (SSSR count). The Morgan fingerprint density at radius 1 is 0.577 bits per heavy atom. The van der Waals surface area contributed by atoms with E-state index in [1.165, 1.54) is 22.3 Å². The summed E-state index contributed by atoms with van der Waals surface area (Å²) in [6.07, 6.45) is 0. The molecular formula is C24H28Fe2. The van der Waals surface area contributed by atoms with Crippen molar-refractivity contribution in [3.63, 3.8) is 0 Å². The summed E-state index contributed by atoms with van der Waals surface area (Å²) in [5.41, 5.74) is 5.37. The van der Waals surface area contributed by atoms with Crippen molar-refractivity contribution in [3.05, 3.63) is 119 Å². The minimum absolute atomic E-state index is 0. The van der Waals surface area contributed by atoms with Gasteiger partial charge in [0.15, 0.2) is 0 Å². The zero-order valence-electron chi connectivity index (χ0n) is 15.9. The number of rotatable bonds is 0. The Morgan fingerprint density at radius 2 is 0.885 bits per heavy atom. The summed E-state index contributed by atoms with van der Waals surface area (Å²) in [5, 5.41) is 0. The Morgan fingerprint density at radius 3 is 0.962 bits per heavy atom. The fraction of sp³-hybridized carbons (Fsp3) is 0.167. The first-order chi connectivity index (χ1) is 11.6. The first kappa shape index (κ1) is 26.7. The summed E-state index contributed by atoms with van der Waals surface area (Å²) in [5.74, 6) is 0. The molecule has 0 heterocycles. The fourth-order valence-electron chi connectivity index (χ4n) is 1.88. The maximum Gasteiger partial charge on any atom is 2.00 e. The summed E-state index contributed by atoms with van der Waals surface area (Å²) in [4.78, 5) is 0. The summed E-state index contributed by atoms with van der Waals surface area (Å²) in [6.45, 7) is 8.33. The maximum atomic E-state index is 2.08. The van der Waals surface area contributed by atoms with Gasteiger partial charge in [-0.2, -0.15) is 70.8 Å². The molecule has 0 aromatic heterocycles. The summed E-state index contributed by atoms with van der Waals surface area (Å²) in [6, 6.07) is 33.0. The van der Waals surface area contributed by atoms with E-state index >= 15 is 0 Å². The van der Waals surface area contributed by atoms with Crippen LogP contribution < -0.4 is 0 Å². The average molecular weight is 428 g/mol. The largest absolute Gasteiger partial charge is 2.00 e. The summed E-state index contributed by atoms with van der Waals surface area (Å²) >= 11 is 0. The third kappa shape index (κ3) is 14.8. The molecule has 140 valence electrons. The Bertz CT molecular complexity index is 554. The van der Waals surface area contributed by atoms with Crippen LogP contribution in [0.15, 0.2) is 97.1 Å². The first-order valence-corrected chi connectivity index (χ1v) is 8.31. The van der Waals surface area contributed by atoms with E-state index in [-0.39, 0.29) is 34.1 Å². The first-order valence-electron chi connectivity index (χ1n) is 8.31. The molecule has 0 bridgehead atoms. The molecule has 0 aliphatic rings. The number of hydrogen-bond donors (Lipinski definition) is 0. The third-order valence-electron chi connectivity index (χ3n) is 3.32. The van der Waals surface area contributed by atoms with Crippen molar-refractivity contribution in [2.75, 3.05) is 0 Å². The van der Waals surface area contributed by atoms with Gasteiger partial charge in [-0.15, -0.1) is 0 Å². The molecule has 0 spiro atoms. The third-order valence-corrected chi connectivity index (χ3v) is 3.32. The SMILES string of the molecule is C[c-]1cccc1.C[c-]1cccc1.Cc1ccc[cH-]1.Cc1ccc[cH-]1.[Fe+2].[Fe+2]. The molecule has 0 aliphatic carbocycles. The predicted molar refractivity (Wildman–Crippen MR) is 107 cm³/mol. The van der Waals surface area contributed by atoms with Gasteiger partial charge in [-0.3, -0.25) is 0 Å². The van der Waals surface area contributed by atoms with Gasteiger partial charge in [-0.1, -0.05) is 27.7 Å². The van der Waals surface area contributed by atoms with Crippen molar-refractivity contribution in [1.82, 2.24) is 0 Å². The van der Waals surface area contributed by atoms with Gasteiger partial charge in [0.05, 0.1) is 0 Å². The molecule has 4 aromatic rings. The van der Waals surface area contributed by atoms with Gasteiger partial charge >= 0.3 is 34.1 Å². The van der Waals surface area contributed by atoms with E-state index in [0.717, 1.165) is 0 Å². The van der Waals surface area contributed by atoms with Gasteiger partial charge in [0, 0.05) is 0 Å². The van der Waals surface area contributed by atoms with Crippen LogP contribution in [0.2, 0.25) is 0 Å². The molecular weight excluding hydrogens is 400 g/mol. The van der Waals surface area contributed by atoms with Crippen LogP contribution in [0.4, 0.5) is 0 Å². The van der Waals surface area contributed by atoms with E-state index in [1.807, 2.05) is 48.5 Å². The van der Waals surface area contributed by atoms with Crippen LogP contribution in [0.1, 0.15) is 22.3 Å². The van der Waals surface area contributed by atoms with Gasteiger partial charge in [0.2, 0.25) is 0 Å². The van der Waals surface area contributed by atoms with Crippen molar-refractivity contribution < 1.29 is 34.1 Å². The molecule has 26 heavy (non-hydrogen) atoms. The molecule has 0 nitrogen and oxygen atoms in total. The van der Waals surface area contributed by atoms with E-state index in [2.05, 4.69) is 76.2 Å². The van der Waals surface area contributed by atoms with Gasteiger partial charge in [-0.05, 0) is 0 Å². The smallest absolute Gasteiger partial charge is 0.213 e. The Hall–Kier alpha value is -1.56. The van der Waals surface area contributed by atoms with E-state index in [9.17, 15) is 0 Å². The molecule has 0 fully saturated rings.